The summed E-state index contributed by atoms with van der Waals surface area (Å²) in [4.78, 5) is 12.8. The second-order valence-electron chi connectivity index (χ2n) is 4.85. The molecule has 0 saturated carbocycles. The molecule has 1 saturated heterocycles. The van der Waals surface area contributed by atoms with E-state index >= 15 is 0 Å². The van der Waals surface area contributed by atoms with Crippen molar-refractivity contribution in [3.63, 3.8) is 0 Å². The highest BCUT2D eigenvalue weighted by atomic mass is 16.6. The van der Waals surface area contributed by atoms with Crippen LogP contribution < -0.4 is 0 Å². The first-order chi connectivity index (χ1) is 8.06. The molecule has 0 aliphatic carbocycles. The predicted octanol–water partition coefficient (Wildman–Crippen LogP) is 1.44. The van der Waals surface area contributed by atoms with Crippen molar-refractivity contribution < 1.29 is 4.92 Å². The monoisotopic (exact) mass is 238 g/mol. The number of rotatable bonds is 3. The van der Waals surface area contributed by atoms with E-state index in [0.717, 1.165) is 25.9 Å². The molecule has 1 aromatic heterocycles. The minimum atomic E-state index is -0.355. The third kappa shape index (κ3) is 2.82. The summed E-state index contributed by atoms with van der Waals surface area (Å²) in [6.45, 7) is 4.55. The van der Waals surface area contributed by atoms with Crippen molar-refractivity contribution in [3.8, 4) is 0 Å². The van der Waals surface area contributed by atoms with Gasteiger partial charge in [0, 0.05) is 12.5 Å². The highest BCUT2D eigenvalue weighted by Crippen LogP contribution is 2.20. The number of nitrogens with zero attached hydrogens (tertiary/aromatic N) is 4. The predicted molar refractivity (Wildman–Crippen MR) is 63.8 cm³/mol. The summed E-state index contributed by atoms with van der Waals surface area (Å²) in [6, 6.07) is 1.53. The zero-order valence-electron chi connectivity index (χ0n) is 10.3. The quantitative estimate of drug-likeness (QED) is 0.590. The number of hydrogen-bond acceptors (Lipinski definition) is 4. The maximum Gasteiger partial charge on any atom is 0.345 e. The van der Waals surface area contributed by atoms with E-state index in [-0.39, 0.29) is 10.7 Å². The SMILES string of the molecule is Cc1cc([N+](=O)[O-])n(CC2CCCN(C)C2)n1. The highest BCUT2D eigenvalue weighted by Gasteiger charge is 2.24. The second-order valence-corrected chi connectivity index (χ2v) is 4.85. The Balaban J connectivity index is 2.09. The third-order valence-electron chi connectivity index (χ3n) is 3.22. The van der Waals surface area contributed by atoms with Gasteiger partial charge < -0.3 is 15.0 Å². The van der Waals surface area contributed by atoms with Crippen LogP contribution in [0.2, 0.25) is 0 Å². The van der Waals surface area contributed by atoms with Crippen molar-refractivity contribution in [1.82, 2.24) is 14.7 Å². The van der Waals surface area contributed by atoms with Crippen LogP contribution in [0.4, 0.5) is 5.82 Å². The normalized spacial score (nSPS) is 21.6. The summed E-state index contributed by atoms with van der Waals surface area (Å²) >= 11 is 0. The Morgan fingerprint density at radius 2 is 2.41 bits per heavy atom. The summed E-state index contributed by atoms with van der Waals surface area (Å²) in [6.07, 6.45) is 2.29. The standard InChI is InChI=1S/C11H18N4O2/c1-9-6-11(15(16)17)14(12-9)8-10-4-3-5-13(2)7-10/h6,10H,3-5,7-8H2,1-2H3. The van der Waals surface area contributed by atoms with Crippen LogP contribution in [0.15, 0.2) is 6.07 Å². The molecule has 2 rings (SSSR count). The average Bonchev–Trinajstić information content (AvgIpc) is 2.59. The molecule has 1 aliphatic rings. The van der Waals surface area contributed by atoms with Gasteiger partial charge in [-0.3, -0.25) is 0 Å². The van der Waals surface area contributed by atoms with Gasteiger partial charge in [0.1, 0.15) is 6.54 Å². The van der Waals surface area contributed by atoms with Gasteiger partial charge in [0.25, 0.3) is 0 Å². The zero-order valence-corrected chi connectivity index (χ0v) is 10.3. The van der Waals surface area contributed by atoms with Gasteiger partial charge in [-0.25, -0.2) is 0 Å². The van der Waals surface area contributed by atoms with Crippen LogP contribution in [-0.2, 0) is 6.54 Å². The zero-order chi connectivity index (χ0) is 12.4. The molecule has 1 atom stereocenters. The summed E-state index contributed by atoms with van der Waals surface area (Å²) in [5.41, 5.74) is 0.709. The first kappa shape index (κ1) is 12.0. The topological polar surface area (TPSA) is 64.2 Å². The number of aryl methyl sites for hydroxylation is 1. The van der Waals surface area contributed by atoms with Crippen molar-refractivity contribution in [3.05, 3.63) is 21.9 Å². The molecule has 0 bridgehead atoms. The van der Waals surface area contributed by atoms with Crippen molar-refractivity contribution in [2.75, 3.05) is 20.1 Å². The highest BCUT2D eigenvalue weighted by molar-refractivity contribution is 5.22. The minimum absolute atomic E-state index is 0.107. The van der Waals surface area contributed by atoms with Gasteiger partial charge in [0.05, 0.1) is 11.8 Å². The Morgan fingerprint density at radius 1 is 1.65 bits per heavy atom. The molecule has 1 aromatic rings. The van der Waals surface area contributed by atoms with Gasteiger partial charge in [-0.2, -0.15) is 0 Å². The van der Waals surface area contributed by atoms with E-state index in [0.29, 0.717) is 18.2 Å². The molecule has 0 spiro atoms. The summed E-state index contributed by atoms with van der Waals surface area (Å²) in [5.74, 6) is 0.572. The number of hydrogen-bond donors (Lipinski definition) is 0. The molecule has 1 unspecified atom stereocenters. The van der Waals surface area contributed by atoms with Crippen molar-refractivity contribution >= 4 is 5.82 Å². The molecule has 0 N–H and O–H groups in total. The molecule has 0 aromatic carbocycles. The Labute approximate surface area is 100 Å². The lowest BCUT2D eigenvalue weighted by Gasteiger charge is -2.28. The van der Waals surface area contributed by atoms with Crippen LogP contribution in [0.25, 0.3) is 0 Å². The van der Waals surface area contributed by atoms with Crippen LogP contribution in [0.1, 0.15) is 18.5 Å². The van der Waals surface area contributed by atoms with E-state index in [9.17, 15) is 10.1 Å². The summed E-state index contributed by atoms with van der Waals surface area (Å²) < 4.78 is 1.54. The molecular weight excluding hydrogens is 220 g/mol. The number of nitro groups is 1. The van der Waals surface area contributed by atoms with Gasteiger partial charge >= 0.3 is 5.82 Å². The maximum atomic E-state index is 10.9. The lowest BCUT2D eigenvalue weighted by molar-refractivity contribution is -0.392. The van der Waals surface area contributed by atoms with Crippen LogP contribution in [0, 0.1) is 23.0 Å². The van der Waals surface area contributed by atoms with E-state index in [2.05, 4.69) is 17.0 Å². The molecule has 0 amide bonds. The average molecular weight is 238 g/mol. The molecular formula is C11H18N4O2. The number of piperidine rings is 1. The van der Waals surface area contributed by atoms with Crippen molar-refractivity contribution in [2.45, 2.75) is 26.3 Å². The molecule has 17 heavy (non-hydrogen) atoms. The first-order valence-electron chi connectivity index (χ1n) is 5.93. The van der Waals surface area contributed by atoms with E-state index in [1.165, 1.54) is 6.07 Å². The van der Waals surface area contributed by atoms with E-state index in [4.69, 9.17) is 0 Å². The fraction of sp³-hybridized carbons (Fsp3) is 0.727. The molecule has 94 valence electrons. The number of aromatic nitrogens is 2. The molecule has 6 heteroatoms. The van der Waals surface area contributed by atoms with Gasteiger partial charge in [-0.05, 0) is 38.3 Å². The van der Waals surface area contributed by atoms with E-state index in [1.807, 2.05) is 0 Å². The Hall–Kier alpha value is -1.43. The van der Waals surface area contributed by atoms with Gasteiger partial charge in [-0.15, -0.1) is 4.68 Å². The van der Waals surface area contributed by atoms with Crippen LogP contribution >= 0.6 is 0 Å². The summed E-state index contributed by atoms with van der Waals surface area (Å²) in [7, 11) is 2.09. The van der Waals surface area contributed by atoms with Crippen molar-refractivity contribution in [1.29, 1.82) is 0 Å². The number of likely N-dealkylation sites (tertiary alicyclic amines) is 1. The molecule has 0 radical (unpaired) electrons. The lowest BCUT2D eigenvalue weighted by atomic mass is 9.99. The van der Waals surface area contributed by atoms with Gasteiger partial charge in [-0.1, -0.05) is 5.10 Å². The summed E-state index contributed by atoms with van der Waals surface area (Å²) in [5, 5.41) is 15.1. The van der Waals surface area contributed by atoms with Crippen molar-refractivity contribution in [2.24, 2.45) is 5.92 Å². The maximum absolute atomic E-state index is 10.9. The molecule has 6 nitrogen and oxygen atoms in total. The first-order valence-corrected chi connectivity index (χ1v) is 5.93. The minimum Gasteiger partial charge on any atom is -0.358 e. The Bertz CT molecular complexity index is 416. The van der Waals surface area contributed by atoms with Gasteiger partial charge in [0.15, 0.2) is 0 Å². The third-order valence-corrected chi connectivity index (χ3v) is 3.22. The lowest BCUT2D eigenvalue weighted by Crippen LogP contribution is -2.34. The fourth-order valence-electron chi connectivity index (χ4n) is 2.48. The Kier molecular flexibility index (Phi) is 3.42. The second kappa shape index (κ2) is 4.83. The molecule has 2 heterocycles. The van der Waals surface area contributed by atoms with Crippen LogP contribution in [0.5, 0.6) is 0 Å². The van der Waals surface area contributed by atoms with E-state index < -0.39 is 0 Å². The Morgan fingerprint density at radius 3 is 3.06 bits per heavy atom. The molecule has 1 fully saturated rings. The fourth-order valence-corrected chi connectivity index (χ4v) is 2.48. The smallest absolute Gasteiger partial charge is 0.345 e. The van der Waals surface area contributed by atoms with Gasteiger partial charge in [0.2, 0.25) is 0 Å². The van der Waals surface area contributed by atoms with Crippen LogP contribution in [0.3, 0.4) is 0 Å². The largest absolute Gasteiger partial charge is 0.358 e. The van der Waals surface area contributed by atoms with E-state index in [1.54, 1.807) is 11.6 Å². The van der Waals surface area contributed by atoms with Crippen LogP contribution in [-0.4, -0.2) is 39.7 Å². The molecule has 1 aliphatic heterocycles.